The van der Waals surface area contributed by atoms with Gasteiger partial charge in [0.1, 0.15) is 0 Å². The third kappa shape index (κ3) is 2.08. The number of carbonyl (C=O) groups is 1. The summed E-state index contributed by atoms with van der Waals surface area (Å²) >= 11 is 0. The predicted octanol–water partition coefficient (Wildman–Crippen LogP) is 2.01. The number of nitrogen functional groups attached to an aromatic ring is 1. The Morgan fingerprint density at radius 1 is 1.30 bits per heavy atom. The Balaban J connectivity index is 1.95. The van der Waals surface area contributed by atoms with Crippen molar-refractivity contribution in [2.24, 2.45) is 5.92 Å². The van der Waals surface area contributed by atoms with Crippen molar-refractivity contribution in [1.82, 2.24) is 4.90 Å². The summed E-state index contributed by atoms with van der Waals surface area (Å²) in [5.74, 6) is 0.105. The first-order valence-corrected chi connectivity index (χ1v) is 7.27. The first-order valence-electron chi connectivity index (χ1n) is 7.27. The van der Waals surface area contributed by atoms with Crippen LogP contribution in [0.15, 0.2) is 24.3 Å². The van der Waals surface area contributed by atoms with Crippen LogP contribution < -0.4 is 5.73 Å². The molecule has 108 valence electrons. The molecule has 4 nitrogen and oxygen atoms in total. The Labute approximate surface area is 119 Å². The third-order valence-corrected chi connectivity index (χ3v) is 5.11. The molecular formula is C16H22N2O2. The van der Waals surface area contributed by atoms with E-state index in [1.165, 1.54) is 19.1 Å². The average Bonchev–Trinajstić information content (AvgIpc) is 2.70. The van der Waals surface area contributed by atoms with Crippen molar-refractivity contribution >= 4 is 11.7 Å². The summed E-state index contributed by atoms with van der Waals surface area (Å²) in [6, 6.07) is 8.85. The Morgan fingerprint density at radius 2 is 2.00 bits per heavy atom. The molecule has 0 aromatic heterocycles. The zero-order valence-electron chi connectivity index (χ0n) is 12.1. The molecule has 2 heterocycles. The zero-order valence-corrected chi connectivity index (χ0v) is 12.1. The van der Waals surface area contributed by atoms with Crippen LogP contribution in [0, 0.1) is 5.92 Å². The number of benzene rings is 1. The summed E-state index contributed by atoms with van der Waals surface area (Å²) in [5.41, 5.74) is 7.74. The standard InChI is InChI=1S/C16H22N2O2/c1-18-12-7-8-14(18)15(16(19)20-2)13(9-12)10-3-5-11(17)6-4-10/h3-6,12-15H,7-9,17H2,1-2H3/t12-,13+,14?,15?/m0/s1. The molecule has 0 aliphatic carbocycles. The third-order valence-electron chi connectivity index (χ3n) is 5.11. The number of methoxy groups -OCH3 is 1. The summed E-state index contributed by atoms with van der Waals surface area (Å²) in [4.78, 5) is 14.6. The zero-order chi connectivity index (χ0) is 14.3. The highest BCUT2D eigenvalue weighted by atomic mass is 16.5. The topological polar surface area (TPSA) is 55.6 Å². The number of fused-ring (bicyclic) bond motifs is 2. The Morgan fingerprint density at radius 3 is 2.65 bits per heavy atom. The van der Waals surface area contributed by atoms with Crippen molar-refractivity contribution in [1.29, 1.82) is 0 Å². The van der Waals surface area contributed by atoms with Gasteiger partial charge in [-0.15, -0.1) is 0 Å². The van der Waals surface area contributed by atoms with Crippen molar-refractivity contribution in [2.45, 2.75) is 37.3 Å². The number of nitrogens with two attached hydrogens (primary N) is 1. The molecule has 20 heavy (non-hydrogen) atoms. The summed E-state index contributed by atoms with van der Waals surface area (Å²) in [6.45, 7) is 0. The first-order chi connectivity index (χ1) is 9.61. The van der Waals surface area contributed by atoms with Crippen LogP contribution in [0.4, 0.5) is 5.69 Å². The van der Waals surface area contributed by atoms with Gasteiger partial charge in [-0.05, 0) is 44.0 Å². The van der Waals surface area contributed by atoms with E-state index < -0.39 is 0 Å². The number of anilines is 1. The van der Waals surface area contributed by atoms with Crippen LogP contribution in [0.2, 0.25) is 0 Å². The molecule has 1 aromatic carbocycles. The van der Waals surface area contributed by atoms with E-state index in [9.17, 15) is 4.79 Å². The second-order valence-electron chi connectivity index (χ2n) is 6.02. The second kappa shape index (κ2) is 5.09. The van der Waals surface area contributed by atoms with Crippen LogP contribution >= 0.6 is 0 Å². The van der Waals surface area contributed by atoms with E-state index in [4.69, 9.17) is 10.5 Å². The molecule has 2 fully saturated rings. The van der Waals surface area contributed by atoms with Crippen LogP contribution in [0.3, 0.4) is 0 Å². The number of hydrogen-bond acceptors (Lipinski definition) is 4. The first kappa shape index (κ1) is 13.4. The lowest BCUT2D eigenvalue weighted by Crippen LogP contribution is -2.49. The quantitative estimate of drug-likeness (QED) is 0.662. The number of ether oxygens (including phenoxy) is 1. The molecule has 0 saturated carbocycles. The van der Waals surface area contributed by atoms with Crippen molar-refractivity contribution < 1.29 is 9.53 Å². The summed E-state index contributed by atoms with van der Waals surface area (Å²) in [6.07, 6.45) is 3.29. The van der Waals surface area contributed by atoms with Gasteiger partial charge in [-0.2, -0.15) is 0 Å². The summed E-state index contributed by atoms with van der Waals surface area (Å²) in [7, 11) is 3.63. The predicted molar refractivity (Wildman–Crippen MR) is 78.3 cm³/mol. The maximum atomic E-state index is 12.3. The van der Waals surface area contributed by atoms with Crippen LogP contribution in [0.5, 0.6) is 0 Å². The molecule has 0 radical (unpaired) electrons. The lowest BCUT2D eigenvalue weighted by molar-refractivity contribution is -0.150. The largest absolute Gasteiger partial charge is 0.469 e. The fourth-order valence-corrected chi connectivity index (χ4v) is 4.01. The molecule has 2 aliphatic heterocycles. The van der Waals surface area contributed by atoms with Gasteiger partial charge < -0.3 is 10.5 Å². The van der Waals surface area contributed by atoms with E-state index in [0.29, 0.717) is 12.1 Å². The number of piperidine rings is 1. The number of rotatable bonds is 2. The Bertz CT molecular complexity index is 500. The maximum absolute atomic E-state index is 12.3. The van der Waals surface area contributed by atoms with Crippen molar-refractivity contribution in [2.75, 3.05) is 19.9 Å². The van der Waals surface area contributed by atoms with E-state index in [1.54, 1.807) is 0 Å². The van der Waals surface area contributed by atoms with Gasteiger partial charge in [0.2, 0.25) is 0 Å². The van der Waals surface area contributed by atoms with Crippen molar-refractivity contribution in [3.05, 3.63) is 29.8 Å². The van der Waals surface area contributed by atoms with Gasteiger partial charge in [-0.25, -0.2) is 0 Å². The lowest BCUT2D eigenvalue weighted by atomic mass is 9.76. The average molecular weight is 274 g/mol. The van der Waals surface area contributed by atoms with Gasteiger partial charge in [0.25, 0.3) is 0 Å². The summed E-state index contributed by atoms with van der Waals surface area (Å²) < 4.78 is 5.07. The van der Waals surface area contributed by atoms with Gasteiger partial charge >= 0.3 is 5.97 Å². The molecule has 1 aromatic rings. The molecule has 0 amide bonds. The highest BCUT2D eigenvalue weighted by Crippen LogP contribution is 2.46. The van der Waals surface area contributed by atoms with Crippen LogP contribution in [-0.2, 0) is 9.53 Å². The molecule has 3 rings (SSSR count). The van der Waals surface area contributed by atoms with Gasteiger partial charge in [0.15, 0.2) is 0 Å². The van der Waals surface area contributed by atoms with Crippen LogP contribution in [0.25, 0.3) is 0 Å². The Kier molecular flexibility index (Phi) is 3.42. The minimum absolute atomic E-state index is 0.0626. The fraction of sp³-hybridized carbons (Fsp3) is 0.562. The molecular weight excluding hydrogens is 252 g/mol. The van der Waals surface area contributed by atoms with Crippen LogP contribution in [-0.4, -0.2) is 37.1 Å². The fourth-order valence-electron chi connectivity index (χ4n) is 4.01. The summed E-state index contributed by atoms with van der Waals surface area (Å²) in [5, 5.41) is 0. The van der Waals surface area contributed by atoms with Crippen LogP contribution in [0.1, 0.15) is 30.7 Å². The number of carbonyl (C=O) groups excluding carboxylic acids is 1. The SMILES string of the molecule is COC(=O)C1C2CC[C@@H](C[C@@H]1c1ccc(N)cc1)N2C. The maximum Gasteiger partial charge on any atom is 0.310 e. The number of nitrogens with zero attached hydrogens (tertiary/aromatic N) is 1. The molecule has 2 N–H and O–H groups in total. The van der Waals surface area contributed by atoms with Crippen molar-refractivity contribution in [3.63, 3.8) is 0 Å². The monoisotopic (exact) mass is 274 g/mol. The lowest BCUT2D eigenvalue weighted by Gasteiger charge is -2.41. The highest BCUT2D eigenvalue weighted by molar-refractivity contribution is 5.75. The van der Waals surface area contributed by atoms with Gasteiger partial charge in [0, 0.05) is 23.7 Å². The van der Waals surface area contributed by atoms with Gasteiger partial charge in [0.05, 0.1) is 13.0 Å². The molecule has 2 aliphatic rings. The normalized spacial score (nSPS) is 33.1. The van der Waals surface area contributed by atoms with E-state index in [-0.39, 0.29) is 17.8 Å². The second-order valence-corrected chi connectivity index (χ2v) is 6.02. The van der Waals surface area contributed by atoms with Gasteiger partial charge in [-0.3, -0.25) is 9.69 Å². The Hall–Kier alpha value is -1.55. The van der Waals surface area contributed by atoms with E-state index >= 15 is 0 Å². The molecule has 2 unspecified atom stereocenters. The van der Waals surface area contributed by atoms with E-state index in [1.807, 2.05) is 12.1 Å². The number of hydrogen-bond donors (Lipinski definition) is 1. The minimum atomic E-state index is -0.0796. The van der Waals surface area contributed by atoms with Gasteiger partial charge in [-0.1, -0.05) is 12.1 Å². The van der Waals surface area contributed by atoms with Crippen molar-refractivity contribution in [3.8, 4) is 0 Å². The number of esters is 1. The molecule has 4 heteroatoms. The molecule has 4 atom stereocenters. The molecule has 2 bridgehead atoms. The molecule has 0 spiro atoms. The molecule has 2 saturated heterocycles. The highest BCUT2D eigenvalue weighted by Gasteiger charge is 2.49. The van der Waals surface area contributed by atoms with E-state index in [0.717, 1.165) is 18.5 Å². The minimum Gasteiger partial charge on any atom is -0.469 e. The smallest absolute Gasteiger partial charge is 0.310 e. The van der Waals surface area contributed by atoms with E-state index in [2.05, 4.69) is 24.1 Å².